The first-order valence-corrected chi connectivity index (χ1v) is 7.70. The first kappa shape index (κ1) is 12.0. The number of halogens is 1. The molecule has 1 saturated heterocycles. The maximum Gasteiger partial charge on any atom is 0.153 e. The van der Waals surface area contributed by atoms with Gasteiger partial charge in [-0.25, -0.2) is 8.42 Å². The van der Waals surface area contributed by atoms with Gasteiger partial charge in [0.2, 0.25) is 0 Å². The Balaban J connectivity index is 2.10. The van der Waals surface area contributed by atoms with Crippen LogP contribution in [0.4, 0.5) is 0 Å². The van der Waals surface area contributed by atoms with Gasteiger partial charge in [0.25, 0.3) is 0 Å². The molecule has 1 N–H and O–H groups in total. The normalized spacial score (nSPS) is 26.8. The van der Waals surface area contributed by atoms with Crippen molar-refractivity contribution in [1.29, 1.82) is 0 Å². The molecule has 0 radical (unpaired) electrons. The number of benzene rings is 1. The van der Waals surface area contributed by atoms with Crippen LogP contribution in [0.2, 0.25) is 5.02 Å². The monoisotopic (exact) mass is 286 g/mol. The second-order valence-electron chi connectivity index (χ2n) is 4.67. The number of rotatable bonds is 1. The second kappa shape index (κ2) is 3.73. The van der Waals surface area contributed by atoms with Gasteiger partial charge in [-0.3, -0.25) is 0 Å². The van der Waals surface area contributed by atoms with E-state index in [1.165, 1.54) is 0 Å². The fourth-order valence-corrected chi connectivity index (χ4v) is 4.26. The molecule has 0 spiro atoms. The molecule has 1 aromatic carbocycles. The largest absolute Gasteiger partial charge is 0.458 e. The van der Waals surface area contributed by atoms with Gasteiger partial charge in [0.1, 0.15) is 16.9 Å². The van der Waals surface area contributed by atoms with E-state index in [-0.39, 0.29) is 17.9 Å². The third-order valence-electron chi connectivity index (χ3n) is 3.22. The van der Waals surface area contributed by atoms with Crippen LogP contribution in [0.15, 0.2) is 28.7 Å². The van der Waals surface area contributed by atoms with E-state index < -0.39 is 15.4 Å². The Kier molecular flexibility index (Phi) is 2.49. The highest BCUT2D eigenvalue weighted by Crippen LogP contribution is 2.36. The maximum atomic E-state index is 11.5. The van der Waals surface area contributed by atoms with Crippen molar-refractivity contribution in [3.63, 3.8) is 0 Å². The van der Waals surface area contributed by atoms with Crippen LogP contribution in [-0.4, -0.2) is 25.0 Å². The summed E-state index contributed by atoms with van der Waals surface area (Å²) in [7, 11) is -3.18. The minimum Gasteiger partial charge on any atom is -0.458 e. The Hall–Kier alpha value is -1.04. The summed E-state index contributed by atoms with van der Waals surface area (Å²) in [6.07, 6.45) is 0.170. The zero-order valence-electron chi connectivity index (χ0n) is 9.39. The Bertz CT molecular complexity index is 719. The molecule has 3 rings (SSSR count). The molecule has 96 valence electrons. The average molecular weight is 287 g/mol. The number of furan rings is 1. The van der Waals surface area contributed by atoms with E-state index in [1.54, 1.807) is 24.3 Å². The predicted octanol–water partition coefficient (Wildman–Crippen LogP) is 2.09. The summed E-state index contributed by atoms with van der Waals surface area (Å²) in [5.74, 6) is -0.00432. The average Bonchev–Trinajstić information content (AvgIpc) is 2.80. The van der Waals surface area contributed by atoms with Crippen LogP contribution in [0.1, 0.15) is 12.2 Å². The van der Waals surface area contributed by atoms with Crippen molar-refractivity contribution >= 4 is 32.4 Å². The zero-order chi connectivity index (χ0) is 13.0. The SMILES string of the molecule is O=S1(=O)CCC(O)(c2cc3cc(Cl)ccc3o2)C1. The molecule has 1 unspecified atom stereocenters. The molecule has 0 bridgehead atoms. The molecule has 0 aliphatic carbocycles. The minimum absolute atomic E-state index is 0.0126. The number of aliphatic hydroxyl groups is 1. The summed E-state index contributed by atoms with van der Waals surface area (Å²) < 4.78 is 28.5. The van der Waals surface area contributed by atoms with Gasteiger partial charge >= 0.3 is 0 Å². The van der Waals surface area contributed by atoms with Crippen LogP contribution >= 0.6 is 11.6 Å². The van der Waals surface area contributed by atoms with E-state index in [0.29, 0.717) is 16.4 Å². The van der Waals surface area contributed by atoms with Gasteiger partial charge in [-0.1, -0.05) is 11.6 Å². The molecule has 0 amide bonds. The molecular weight excluding hydrogens is 276 g/mol. The lowest BCUT2D eigenvalue weighted by Crippen LogP contribution is -2.26. The van der Waals surface area contributed by atoms with Gasteiger partial charge in [-0.05, 0) is 30.7 Å². The third-order valence-corrected chi connectivity index (χ3v) is 5.20. The fourth-order valence-electron chi connectivity index (χ4n) is 2.27. The Labute approximate surface area is 109 Å². The molecule has 18 heavy (non-hydrogen) atoms. The van der Waals surface area contributed by atoms with E-state index in [1.807, 2.05) is 0 Å². The Morgan fingerprint density at radius 1 is 1.33 bits per heavy atom. The third kappa shape index (κ3) is 1.92. The first-order valence-electron chi connectivity index (χ1n) is 5.50. The summed E-state index contributed by atoms with van der Waals surface area (Å²) in [4.78, 5) is 0. The molecule has 1 aliphatic rings. The van der Waals surface area contributed by atoms with Crippen molar-refractivity contribution in [3.8, 4) is 0 Å². The van der Waals surface area contributed by atoms with Gasteiger partial charge in [0.15, 0.2) is 9.84 Å². The zero-order valence-corrected chi connectivity index (χ0v) is 11.0. The van der Waals surface area contributed by atoms with Crippen LogP contribution in [0.3, 0.4) is 0 Å². The molecule has 2 heterocycles. The van der Waals surface area contributed by atoms with Gasteiger partial charge in [-0.2, -0.15) is 0 Å². The van der Waals surface area contributed by atoms with Crippen LogP contribution in [0, 0.1) is 0 Å². The highest BCUT2D eigenvalue weighted by molar-refractivity contribution is 7.91. The van der Waals surface area contributed by atoms with Crippen LogP contribution in [0.25, 0.3) is 11.0 Å². The van der Waals surface area contributed by atoms with Crippen molar-refractivity contribution in [2.75, 3.05) is 11.5 Å². The summed E-state index contributed by atoms with van der Waals surface area (Å²) >= 11 is 5.87. The van der Waals surface area contributed by atoms with Crippen molar-refractivity contribution in [2.45, 2.75) is 12.0 Å². The lowest BCUT2D eigenvalue weighted by Gasteiger charge is -2.16. The Morgan fingerprint density at radius 2 is 2.11 bits per heavy atom. The van der Waals surface area contributed by atoms with E-state index >= 15 is 0 Å². The molecule has 1 aromatic heterocycles. The maximum absolute atomic E-state index is 11.5. The Morgan fingerprint density at radius 3 is 2.78 bits per heavy atom. The smallest absolute Gasteiger partial charge is 0.153 e. The van der Waals surface area contributed by atoms with E-state index in [4.69, 9.17) is 16.0 Å². The summed E-state index contributed by atoms with van der Waals surface area (Å²) in [6, 6.07) is 6.76. The lowest BCUT2D eigenvalue weighted by molar-refractivity contribution is 0.0434. The van der Waals surface area contributed by atoms with Crippen molar-refractivity contribution in [3.05, 3.63) is 35.0 Å². The van der Waals surface area contributed by atoms with E-state index in [2.05, 4.69) is 0 Å². The highest BCUT2D eigenvalue weighted by atomic mass is 35.5. The predicted molar refractivity (Wildman–Crippen MR) is 68.4 cm³/mol. The van der Waals surface area contributed by atoms with Crippen LogP contribution in [-0.2, 0) is 15.4 Å². The topological polar surface area (TPSA) is 67.5 Å². The van der Waals surface area contributed by atoms with Gasteiger partial charge < -0.3 is 9.52 Å². The summed E-state index contributed by atoms with van der Waals surface area (Å²) in [5.41, 5.74) is -0.822. The van der Waals surface area contributed by atoms with E-state index in [9.17, 15) is 13.5 Å². The molecule has 0 saturated carbocycles. The molecule has 6 heteroatoms. The number of hydrogen-bond acceptors (Lipinski definition) is 4. The minimum atomic E-state index is -3.18. The number of hydrogen-bond donors (Lipinski definition) is 1. The number of fused-ring (bicyclic) bond motifs is 1. The van der Waals surface area contributed by atoms with Crippen LogP contribution in [0.5, 0.6) is 0 Å². The van der Waals surface area contributed by atoms with Crippen LogP contribution < -0.4 is 0 Å². The van der Waals surface area contributed by atoms with Gasteiger partial charge in [0, 0.05) is 10.4 Å². The van der Waals surface area contributed by atoms with E-state index in [0.717, 1.165) is 5.39 Å². The molecule has 2 aromatic rings. The fraction of sp³-hybridized carbons (Fsp3) is 0.333. The van der Waals surface area contributed by atoms with Gasteiger partial charge in [-0.15, -0.1) is 0 Å². The molecule has 4 nitrogen and oxygen atoms in total. The second-order valence-corrected chi connectivity index (χ2v) is 7.29. The first-order chi connectivity index (χ1) is 8.38. The van der Waals surface area contributed by atoms with Crippen molar-refractivity contribution in [1.82, 2.24) is 0 Å². The van der Waals surface area contributed by atoms with Crippen molar-refractivity contribution in [2.24, 2.45) is 0 Å². The highest BCUT2D eigenvalue weighted by Gasteiger charge is 2.44. The molecule has 1 aliphatic heterocycles. The van der Waals surface area contributed by atoms with Gasteiger partial charge in [0.05, 0.1) is 11.5 Å². The molecule has 1 atom stereocenters. The summed E-state index contributed by atoms with van der Waals surface area (Å²) in [5, 5.41) is 11.7. The molecular formula is C12H11ClO4S. The van der Waals surface area contributed by atoms with Crippen molar-refractivity contribution < 1.29 is 17.9 Å². The molecule has 1 fully saturated rings. The quantitative estimate of drug-likeness (QED) is 0.872. The lowest BCUT2D eigenvalue weighted by atomic mass is 10.0. The standard InChI is InChI=1S/C12H11ClO4S/c13-9-1-2-10-8(5-9)6-11(17-10)12(14)3-4-18(15,16)7-12/h1-2,5-6,14H,3-4,7H2. The number of sulfone groups is 1. The summed E-state index contributed by atoms with van der Waals surface area (Å²) in [6.45, 7) is 0.